The van der Waals surface area contributed by atoms with Crippen molar-refractivity contribution in [2.75, 3.05) is 38.2 Å². The van der Waals surface area contributed by atoms with Gasteiger partial charge in [0, 0.05) is 44.1 Å². The third-order valence-electron chi connectivity index (χ3n) is 6.77. The molecule has 0 spiro atoms. The summed E-state index contributed by atoms with van der Waals surface area (Å²) in [4.78, 5) is 39.7. The van der Waals surface area contributed by atoms with Crippen molar-refractivity contribution < 1.29 is 32.2 Å². The molecule has 4 heterocycles. The number of carbonyl (C=O) groups is 2. The molecule has 3 aliphatic heterocycles. The van der Waals surface area contributed by atoms with Crippen LogP contribution in [0.2, 0.25) is 0 Å². The number of alkyl halides is 3. The Morgan fingerprint density at radius 2 is 1.66 bits per heavy atom. The molecule has 13 heteroatoms. The molecule has 3 aromatic rings. The van der Waals surface area contributed by atoms with Crippen LogP contribution >= 0.6 is 0 Å². The van der Waals surface area contributed by atoms with Crippen molar-refractivity contribution in [3.63, 3.8) is 0 Å². The second-order valence-electron chi connectivity index (χ2n) is 10.8. The molecule has 1 aromatic heterocycles. The molecular formula is C31H37F3N6O4. The number of anilines is 1. The van der Waals surface area contributed by atoms with Crippen LogP contribution in [-0.4, -0.2) is 70.7 Å². The molecule has 0 unspecified atom stereocenters. The molecule has 236 valence electrons. The number of rotatable bonds is 3. The molecule has 0 fully saturated rings. The Morgan fingerprint density at radius 3 is 2.36 bits per heavy atom. The van der Waals surface area contributed by atoms with Crippen LogP contribution in [0.1, 0.15) is 60.4 Å². The predicted octanol–water partition coefficient (Wildman–Crippen LogP) is 4.79. The summed E-state index contributed by atoms with van der Waals surface area (Å²) in [5.74, 6) is 0.678. The lowest BCUT2D eigenvalue weighted by Gasteiger charge is -2.25. The van der Waals surface area contributed by atoms with Crippen LogP contribution in [0, 0.1) is 5.92 Å². The molecule has 0 aliphatic carbocycles. The van der Waals surface area contributed by atoms with Crippen LogP contribution in [0.25, 0.3) is 0 Å². The molecule has 3 aliphatic rings. The summed E-state index contributed by atoms with van der Waals surface area (Å²) in [6.07, 6.45) is -2.23. The molecule has 6 bridgehead atoms. The third-order valence-corrected chi connectivity index (χ3v) is 6.77. The summed E-state index contributed by atoms with van der Waals surface area (Å²) in [6, 6.07) is 13.7. The minimum Gasteiger partial charge on any atom is -0.494 e. The summed E-state index contributed by atoms with van der Waals surface area (Å²) in [5.41, 5.74) is 2.07. The molecule has 44 heavy (non-hydrogen) atoms. The molecule has 2 amide bonds. The lowest BCUT2D eigenvalue weighted by molar-refractivity contribution is -0.154. The number of fused-ring (bicyclic) bond motifs is 2. The molecule has 0 radical (unpaired) electrons. The molecule has 6 rings (SSSR count). The Morgan fingerprint density at radius 1 is 0.955 bits per heavy atom. The second-order valence-corrected chi connectivity index (χ2v) is 10.8. The fourth-order valence-electron chi connectivity index (χ4n) is 4.47. The van der Waals surface area contributed by atoms with Gasteiger partial charge in [0.05, 0.1) is 6.61 Å². The van der Waals surface area contributed by atoms with E-state index < -0.39 is 18.8 Å². The fraction of sp³-hybridized carbons (Fsp3) is 0.452. The highest BCUT2D eigenvalue weighted by Crippen LogP contribution is 2.19. The minimum absolute atomic E-state index is 0.0685. The number of nitrogens with one attached hydrogen (secondary N) is 2. The van der Waals surface area contributed by atoms with E-state index >= 15 is 0 Å². The quantitative estimate of drug-likeness (QED) is 0.433. The molecule has 0 atom stereocenters. The molecular weight excluding hydrogens is 577 g/mol. The first-order valence-electron chi connectivity index (χ1n) is 14.6. The van der Waals surface area contributed by atoms with Crippen LogP contribution in [0.5, 0.6) is 11.8 Å². The van der Waals surface area contributed by atoms with Gasteiger partial charge in [-0.15, -0.1) is 0 Å². The molecule has 2 N–H and O–H groups in total. The van der Waals surface area contributed by atoms with Crippen molar-refractivity contribution >= 4 is 17.8 Å². The maximum absolute atomic E-state index is 12.8. The van der Waals surface area contributed by atoms with Gasteiger partial charge < -0.3 is 25.0 Å². The lowest BCUT2D eigenvalue weighted by Crippen LogP contribution is -2.37. The highest BCUT2D eigenvalue weighted by atomic mass is 19.4. The maximum Gasteiger partial charge on any atom is 0.422 e. The molecule has 2 aromatic carbocycles. The van der Waals surface area contributed by atoms with Crippen molar-refractivity contribution in [2.45, 2.75) is 52.3 Å². The first-order chi connectivity index (χ1) is 21.1. The van der Waals surface area contributed by atoms with Crippen molar-refractivity contribution in [3.05, 3.63) is 71.0 Å². The van der Waals surface area contributed by atoms with E-state index in [-0.39, 0.29) is 35.9 Å². The zero-order chi connectivity index (χ0) is 31.5. The van der Waals surface area contributed by atoms with E-state index in [1.807, 2.05) is 43.0 Å². The number of benzene rings is 2. The Kier molecular flexibility index (Phi) is 11.3. The van der Waals surface area contributed by atoms with E-state index in [4.69, 9.17) is 9.47 Å². The molecule has 0 saturated heterocycles. The zero-order valence-corrected chi connectivity index (χ0v) is 24.8. The standard InChI is InChI=1S/C31H37F3N6O4/c1-21(2)28(42)40-15-3-4-17-43-25-12-8-23(9-13-25)19-36-29-37-26(38-30(39-29)44-20-31(32,33)34)18-22-6-10-24(11-7-22)27(41)35-14-5-16-40/h6-13,21H,3-5,14-20H2,1-2H3,(H,35,41)(H,36,37,38,39). The van der Waals surface area contributed by atoms with Gasteiger partial charge in [0.2, 0.25) is 11.9 Å². The summed E-state index contributed by atoms with van der Waals surface area (Å²) in [6.45, 7) is 4.57. The van der Waals surface area contributed by atoms with E-state index in [1.54, 1.807) is 24.3 Å². The number of hydrogen-bond acceptors (Lipinski definition) is 8. The van der Waals surface area contributed by atoms with Gasteiger partial charge in [0.15, 0.2) is 6.61 Å². The summed E-state index contributed by atoms with van der Waals surface area (Å²) < 4.78 is 49.1. The number of halogens is 3. The SMILES string of the molecule is CC(C)C(=O)N1CCCCOc2ccc(cc2)CNc2nc(nc(OCC(F)(F)F)n2)Cc2ccc(cc2)C(=O)NCCC1. The van der Waals surface area contributed by atoms with Crippen LogP contribution in [0.3, 0.4) is 0 Å². The van der Waals surface area contributed by atoms with E-state index in [2.05, 4.69) is 25.6 Å². The van der Waals surface area contributed by atoms with E-state index in [0.717, 1.165) is 24.0 Å². The first kappa shape index (κ1) is 32.5. The summed E-state index contributed by atoms with van der Waals surface area (Å²) in [5, 5.41) is 5.92. The number of amides is 2. The van der Waals surface area contributed by atoms with Gasteiger partial charge in [-0.3, -0.25) is 9.59 Å². The van der Waals surface area contributed by atoms with Gasteiger partial charge in [0.1, 0.15) is 11.6 Å². The van der Waals surface area contributed by atoms with Gasteiger partial charge in [-0.25, -0.2) is 0 Å². The number of nitrogens with zero attached hydrogens (tertiary/aromatic N) is 4. The average molecular weight is 615 g/mol. The van der Waals surface area contributed by atoms with Crippen LogP contribution in [0.4, 0.5) is 19.1 Å². The summed E-state index contributed by atoms with van der Waals surface area (Å²) >= 11 is 0. The van der Waals surface area contributed by atoms with Gasteiger partial charge >= 0.3 is 12.2 Å². The Balaban J connectivity index is 1.52. The van der Waals surface area contributed by atoms with E-state index in [0.29, 0.717) is 50.5 Å². The highest BCUT2D eigenvalue weighted by Gasteiger charge is 2.29. The normalized spacial score (nSPS) is 15.5. The fourth-order valence-corrected chi connectivity index (χ4v) is 4.47. The zero-order valence-electron chi connectivity index (χ0n) is 24.8. The Labute approximate surface area is 254 Å². The lowest BCUT2D eigenvalue weighted by atomic mass is 10.1. The largest absolute Gasteiger partial charge is 0.494 e. The van der Waals surface area contributed by atoms with Gasteiger partial charge in [-0.2, -0.15) is 28.1 Å². The maximum atomic E-state index is 12.8. The predicted molar refractivity (Wildman–Crippen MR) is 157 cm³/mol. The molecule has 10 nitrogen and oxygen atoms in total. The highest BCUT2D eigenvalue weighted by molar-refractivity contribution is 5.94. The minimum atomic E-state index is -4.55. The second kappa shape index (κ2) is 15.3. The Bertz CT molecular complexity index is 1380. The van der Waals surface area contributed by atoms with Gasteiger partial charge in [-0.05, 0) is 54.7 Å². The van der Waals surface area contributed by atoms with Gasteiger partial charge in [0.25, 0.3) is 5.91 Å². The Hall–Kier alpha value is -4.42. The van der Waals surface area contributed by atoms with Crippen molar-refractivity contribution in [3.8, 4) is 11.8 Å². The third kappa shape index (κ3) is 10.4. The number of ether oxygens (including phenoxy) is 2. The topological polar surface area (TPSA) is 119 Å². The van der Waals surface area contributed by atoms with Crippen LogP contribution < -0.4 is 20.1 Å². The van der Waals surface area contributed by atoms with Crippen molar-refractivity contribution in [2.24, 2.45) is 5.92 Å². The van der Waals surface area contributed by atoms with Gasteiger partial charge in [-0.1, -0.05) is 38.1 Å². The summed E-state index contributed by atoms with van der Waals surface area (Å²) in [7, 11) is 0. The molecule has 0 saturated carbocycles. The number of hydrogen-bond donors (Lipinski definition) is 2. The number of aromatic nitrogens is 3. The van der Waals surface area contributed by atoms with E-state index in [1.165, 1.54) is 0 Å². The van der Waals surface area contributed by atoms with Crippen LogP contribution in [-0.2, 0) is 17.8 Å². The van der Waals surface area contributed by atoms with Crippen LogP contribution in [0.15, 0.2) is 48.5 Å². The smallest absolute Gasteiger partial charge is 0.422 e. The average Bonchev–Trinajstić information content (AvgIpc) is 2.99. The van der Waals surface area contributed by atoms with Crippen molar-refractivity contribution in [1.29, 1.82) is 0 Å². The number of carbonyl (C=O) groups excluding carboxylic acids is 2. The monoisotopic (exact) mass is 614 g/mol. The van der Waals surface area contributed by atoms with E-state index in [9.17, 15) is 22.8 Å². The van der Waals surface area contributed by atoms with Crippen molar-refractivity contribution in [1.82, 2.24) is 25.2 Å². The first-order valence-corrected chi connectivity index (χ1v) is 14.6.